The summed E-state index contributed by atoms with van der Waals surface area (Å²) in [5.74, 6) is 1.30. The molecule has 0 aromatic heterocycles. The van der Waals surface area contributed by atoms with Gasteiger partial charge in [-0.15, -0.1) is 0 Å². The molecule has 3 heteroatoms. The van der Waals surface area contributed by atoms with Crippen LogP contribution < -0.4 is 10.1 Å². The summed E-state index contributed by atoms with van der Waals surface area (Å²) in [5.41, 5.74) is 5.39. The summed E-state index contributed by atoms with van der Waals surface area (Å²) in [6.07, 6.45) is -0.573. The number of aryl methyl sites for hydroxylation is 2. The van der Waals surface area contributed by atoms with E-state index in [4.69, 9.17) is 4.74 Å². The van der Waals surface area contributed by atoms with E-state index < -0.39 is 6.10 Å². The summed E-state index contributed by atoms with van der Waals surface area (Å²) >= 11 is 0. The van der Waals surface area contributed by atoms with Gasteiger partial charge in [0.15, 0.2) is 6.10 Å². The Morgan fingerprint density at radius 3 is 2.04 bits per heavy atom. The minimum absolute atomic E-state index is 0.124. The van der Waals surface area contributed by atoms with E-state index in [1.54, 1.807) is 6.92 Å². The Morgan fingerprint density at radius 1 is 0.923 bits per heavy atom. The van der Waals surface area contributed by atoms with Crippen LogP contribution in [0.5, 0.6) is 5.75 Å². The van der Waals surface area contributed by atoms with Gasteiger partial charge in [-0.3, -0.25) is 4.79 Å². The number of ether oxygens (including phenoxy) is 1. The van der Waals surface area contributed by atoms with Crippen molar-refractivity contribution in [3.63, 3.8) is 0 Å². The second kappa shape index (κ2) is 8.39. The highest BCUT2D eigenvalue weighted by molar-refractivity contribution is 5.95. The van der Waals surface area contributed by atoms with Crippen molar-refractivity contribution in [2.75, 3.05) is 5.32 Å². The number of carbonyl (C=O) groups is 1. The monoisotopic (exact) mass is 353 g/mol. The van der Waals surface area contributed by atoms with E-state index in [1.165, 1.54) is 0 Å². The van der Waals surface area contributed by atoms with Crippen molar-refractivity contribution >= 4 is 11.6 Å². The van der Waals surface area contributed by atoms with E-state index in [0.29, 0.717) is 11.8 Å². The van der Waals surface area contributed by atoms with Gasteiger partial charge in [0.2, 0.25) is 0 Å². The van der Waals surface area contributed by atoms with E-state index >= 15 is 0 Å². The lowest BCUT2D eigenvalue weighted by molar-refractivity contribution is -0.122. The number of nitrogens with one attached hydrogen (secondary N) is 1. The molecule has 2 aromatic carbocycles. The fraction of sp³-hybridized carbons (Fsp3) is 0.435. The number of anilines is 1. The molecule has 0 fully saturated rings. The molecule has 0 aliphatic rings. The molecule has 1 atom stereocenters. The van der Waals surface area contributed by atoms with Gasteiger partial charge in [-0.1, -0.05) is 58.0 Å². The van der Waals surface area contributed by atoms with Crippen LogP contribution in [0, 0.1) is 13.8 Å². The lowest BCUT2D eigenvalue weighted by Gasteiger charge is -2.22. The van der Waals surface area contributed by atoms with E-state index in [9.17, 15) is 4.79 Å². The van der Waals surface area contributed by atoms with E-state index in [0.717, 1.165) is 33.7 Å². The van der Waals surface area contributed by atoms with Crippen LogP contribution in [0.4, 0.5) is 5.69 Å². The zero-order valence-electron chi connectivity index (χ0n) is 17.0. The predicted molar refractivity (Wildman–Crippen MR) is 109 cm³/mol. The molecule has 0 heterocycles. The average Bonchev–Trinajstić information content (AvgIpc) is 2.57. The zero-order valence-corrected chi connectivity index (χ0v) is 17.0. The van der Waals surface area contributed by atoms with Crippen LogP contribution in [-0.2, 0) is 4.79 Å². The van der Waals surface area contributed by atoms with E-state index in [1.807, 2.05) is 32.0 Å². The van der Waals surface area contributed by atoms with Crippen LogP contribution in [0.15, 0.2) is 36.4 Å². The standard InChI is InChI=1S/C23H31NO2/c1-14(2)19-9-8-10-20(15(3)4)22(19)24-23(25)18(7)26-21-13-16(5)11-12-17(21)6/h8-15,18H,1-7H3,(H,24,25). The van der Waals surface area contributed by atoms with Gasteiger partial charge in [0, 0.05) is 5.69 Å². The lowest BCUT2D eigenvalue weighted by Crippen LogP contribution is -2.31. The molecule has 1 unspecified atom stereocenters. The number of rotatable bonds is 6. The topological polar surface area (TPSA) is 38.3 Å². The molecule has 26 heavy (non-hydrogen) atoms. The average molecular weight is 354 g/mol. The van der Waals surface area contributed by atoms with Gasteiger partial charge in [0.05, 0.1) is 0 Å². The minimum atomic E-state index is -0.573. The first-order chi connectivity index (χ1) is 12.2. The molecule has 0 saturated carbocycles. The lowest BCUT2D eigenvalue weighted by atomic mass is 9.92. The number of amides is 1. The Morgan fingerprint density at radius 2 is 1.50 bits per heavy atom. The highest BCUT2D eigenvalue weighted by Crippen LogP contribution is 2.32. The second-order valence-electron chi connectivity index (χ2n) is 7.64. The summed E-state index contributed by atoms with van der Waals surface area (Å²) in [7, 11) is 0. The van der Waals surface area contributed by atoms with E-state index in [2.05, 4.69) is 51.2 Å². The highest BCUT2D eigenvalue weighted by atomic mass is 16.5. The minimum Gasteiger partial charge on any atom is -0.481 e. The van der Waals surface area contributed by atoms with Crippen molar-refractivity contribution in [1.29, 1.82) is 0 Å². The number of hydrogen-bond acceptors (Lipinski definition) is 2. The molecule has 2 aromatic rings. The number of carbonyl (C=O) groups excluding carboxylic acids is 1. The molecule has 3 nitrogen and oxygen atoms in total. The Bertz CT molecular complexity index is 752. The van der Waals surface area contributed by atoms with Gasteiger partial charge >= 0.3 is 0 Å². The maximum Gasteiger partial charge on any atom is 0.265 e. The maximum absolute atomic E-state index is 12.8. The van der Waals surface area contributed by atoms with Crippen molar-refractivity contribution in [1.82, 2.24) is 0 Å². The molecule has 0 saturated heterocycles. The summed E-state index contributed by atoms with van der Waals surface area (Å²) in [6, 6.07) is 12.3. The molecule has 0 aliphatic carbocycles. The molecule has 1 amide bonds. The SMILES string of the molecule is Cc1ccc(C)c(OC(C)C(=O)Nc2c(C(C)C)cccc2C(C)C)c1. The summed E-state index contributed by atoms with van der Waals surface area (Å²) < 4.78 is 5.95. The third-order valence-electron chi connectivity index (χ3n) is 4.64. The highest BCUT2D eigenvalue weighted by Gasteiger charge is 2.20. The first-order valence-electron chi connectivity index (χ1n) is 9.38. The summed E-state index contributed by atoms with van der Waals surface area (Å²) in [6.45, 7) is 14.4. The van der Waals surface area contributed by atoms with Crippen molar-refractivity contribution in [2.45, 2.75) is 66.4 Å². The van der Waals surface area contributed by atoms with Crippen LogP contribution in [-0.4, -0.2) is 12.0 Å². The first-order valence-corrected chi connectivity index (χ1v) is 9.38. The zero-order chi connectivity index (χ0) is 19.4. The predicted octanol–water partition coefficient (Wildman–Crippen LogP) is 5.96. The number of para-hydroxylation sites is 1. The van der Waals surface area contributed by atoms with Gasteiger partial charge in [-0.05, 0) is 60.9 Å². The van der Waals surface area contributed by atoms with Crippen LogP contribution in [0.2, 0.25) is 0 Å². The Balaban J connectivity index is 2.25. The molecule has 0 aliphatic heterocycles. The molecule has 0 spiro atoms. The normalized spacial score (nSPS) is 12.3. The molecule has 0 bridgehead atoms. The van der Waals surface area contributed by atoms with Crippen molar-refractivity contribution in [3.8, 4) is 5.75 Å². The molecule has 2 rings (SSSR count). The van der Waals surface area contributed by atoms with Crippen LogP contribution in [0.3, 0.4) is 0 Å². The van der Waals surface area contributed by atoms with Crippen LogP contribution >= 0.6 is 0 Å². The fourth-order valence-electron chi connectivity index (χ4n) is 3.00. The largest absolute Gasteiger partial charge is 0.481 e. The quantitative estimate of drug-likeness (QED) is 0.696. The van der Waals surface area contributed by atoms with Gasteiger partial charge in [0.1, 0.15) is 5.75 Å². The summed E-state index contributed by atoms with van der Waals surface area (Å²) in [4.78, 5) is 12.8. The maximum atomic E-state index is 12.8. The van der Waals surface area contributed by atoms with Crippen LogP contribution in [0.25, 0.3) is 0 Å². The Kier molecular flexibility index (Phi) is 6.47. The molecular weight excluding hydrogens is 322 g/mol. The van der Waals surface area contributed by atoms with Gasteiger partial charge in [-0.2, -0.15) is 0 Å². The third-order valence-corrected chi connectivity index (χ3v) is 4.64. The van der Waals surface area contributed by atoms with Gasteiger partial charge in [0.25, 0.3) is 5.91 Å². The molecule has 0 radical (unpaired) electrons. The molecule has 1 N–H and O–H groups in total. The fourth-order valence-corrected chi connectivity index (χ4v) is 3.00. The first kappa shape index (κ1) is 20.0. The smallest absolute Gasteiger partial charge is 0.265 e. The van der Waals surface area contributed by atoms with Gasteiger partial charge in [-0.25, -0.2) is 0 Å². The van der Waals surface area contributed by atoms with Crippen molar-refractivity contribution in [3.05, 3.63) is 58.7 Å². The third kappa shape index (κ3) is 4.66. The molecule has 140 valence electrons. The summed E-state index contributed by atoms with van der Waals surface area (Å²) in [5, 5.41) is 3.13. The number of benzene rings is 2. The van der Waals surface area contributed by atoms with Crippen molar-refractivity contribution < 1.29 is 9.53 Å². The second-order valence-corrected chi connectivity index (χ2v) is 7.64. The molecular formula is C23H31NO2. The number of hydrogen-bond donors (Lipinski definition) is 1. The van der Waals surface area contributed by atoms with E-state index in [-0.39, 0.29) is 5.91 Å². The Hall–Kier alpha value is -2.29. The van der Waals surface area contributed by atoms with Gasteiger partial charge < -0.3 is 10.1 Å². The van der Waals surface area contributed by atoms with Crippen LogP contribution in [0.1, 0.15) is 68.7 Å². The Labute approximate surface area is 157 Å². The van der Waals surface area contributed by atoms with Crippen molar-refractivity contribution in [2.24, 2.45) is 0 Å².